The van der Waals surface area contributed by atoms with Gasteiger partial charge >= 0.3 is 17.7 Å². The summed E-state index contributed by atoms with van der Waals surface area (Å²) < 4.78 is 26.0. The van der Waals surface area contributed by atoms with Crippen LogP contribution in [0.4, 0.5) is 10.6 Å². The van der Waals surface area contributed by atoms with E-state index in [0.717, 1.165) is 31.2 Å². The van der Waals surface area contributed by atoms with Gasteiger partial charge in [-0.25, -0.2) is 9.59 Å². The van der Waals surface area contributed by atoms with E-state index in [1.807, 2.05) is 30.3 Å². The summed E-state index contributed by atoms with van der Waals surface area (Å²) in [4.78, 5) is 40.6. The number of ether oxygens (including phenoxy) is 4. The van der Waals surface area contributed by atoms with Crippen LogP contribution in [0, 0.1) is 11.8 Å². The molecule has 12 heteroatoms. The van der Waals surface area contributed by atoms with Crippen LogP contribution < -0.4 is 16.3 Å². The van der Waals surface area contributed by atoms with E-state index in [1.54, 1.807) is 0 Å². The summed E-state index contributed by atoms with van der Waals surface area (Å²) in [6.45, 7) is 0.473. The Bertz CT molecular complexity index is 1250. The Morgan fingerprint density at radius 1 is 1.03 bits per heavy atom. The molecule has 1 aromatic carbocycles. The average Bonchev–Trinajstić information content (AvgIpc) is 3.30. The molecule has 4 unspecified atom stereocenters. The minimum absolute atomic E-state index is 0.0442. The van der Waals surface area contributed by atoms with Gasteiger partial charge in [-0.1, -0.05) is 36.8 Å². The van der Waals surface area contributed by atoms with E-state index in [1.165, 1.54) is 16.8 Å². The number of urea groups is 1. The number of nitrogens with zero attached hydrogens (tertiary/aromatic N) is 2. The third-order valence-corrected chi connectivity index (χ3v) is 7.77. The molecule has 4 aliphatic rings. The Labute approximate surface area is 224 Å². The van der Waals surface area contributed by atoms with E-state index in [2.05, 4.69) is 15.6 Å². The topological polar surface area (TPSA) is 150 Å². The van der Waals surface area contributed by atoms with Crippen LogP contribution in [0.15, 0.2) is 47.4 Å². The maximum atomic E-state index is 13.0. The molecule has 208 valence electrons. The summed E-state index contributed by atoms with van der Waals surface area (Å²) >= 11 is 0. The molecular weight excluding hydrogens is 508 g/mol. The van der Waals surface area contributed by atoms with Crippen molar-refractivity contribution in [2.45, 2.75) is 69.0 Å². The van der Waals surface area contributed by atoms with Crippen molar-refractivity contribution in [3.8, 4) is 0 Å². The number of carboxylic acid groups (broad SMARTS) is 1. The number of benzene rings is 1. The summed E-state index contributed by atoms with van der Waals surface area (Å²) in [5.74, 6) is -1.09. The Hall–Kier alpha value is -3.32. The van der Waals surface area contributed by atoms with E-state index in [4.69, 9.17) is 18.9 Å². The first kappa shape index (κ1) is 25.9. The lowest BCUT2D eigenvalue weighted by Gasteiger charge is -2.22. The number of hydrogen-bond acceptors (Lipinski definition) is 8. The highest BCUT2D eigenvalue weighted by Gasteiger charge is 2.54. The predicted molar refractivity (Wildman–Crippen MR) is 136 cm³/mol. The molecule has 0 bridgehead atoms. The number of amides is 2. The van der Waals surface area contributed by atoms with E-state index in [9.17, 15) is 19.5 Å². The van der Waals surface area contributed by atoms with Gasteiger partial charge in [0.05, 0.1) is 19.1 Å². The van der Waals surface area contributed by atoms with Crippen LogP contribution in [-0.2, 0) is 23.7 Å². The van der Waals surface area contributed by atoms with Gasteiger partial charge in [0, 0.05) is 17.8 Å². The van der Waals surface area contributed by atoms with E-state index in [0.29, 0.717) is 13.0 Å². The molecule has 12 nitrogen and oxygen atoms in total. The number of aliphatic carboxylic acids is 1. The number of nitrogens with one attached hydrogen (secondary N) is 2. The minimum Gasteiger partial charge on any atom is -0.481 e. The van der Waals surface area contributed by atoms with Crippen LogP contribution in [0.2, 0.25) is 0 Å². The van der Waals surface area contributed by atoms with Crippen LogP contribution in [0.1, 0.15) is 50.2 Å². The second kappa shape index (κ2) is 11.0. The molecule has 0 radical (unpaired) electrons. The first-order valence-electron chi connectivity index (χ1n) is 13.4. The molecule has 3 heterocycles. The second-order valence-electron chi connectivity index (χ2n) is 10.6. The molecule has 39 heavy (non-hydrogen) atoms. The summed E-state index contributed by atoms with van der Waals surface area (Å²) in [6.07, 6.45) is 2.60. The zero-order valence-corrected chi connectivity index (χ0v) is 21.3. The molecule has 0 spiro atoms. The third-order valence-electron chi connectivity index (χ3n) is 7.77. The SMILES string of the molecule is O=C(Nc1ccn([C@@H]2O[C@H](COCC3CCCC3C(=O)O)C3O[C@H](c4ccccc4)OC32)c(=O)n1)NC1CC1. The Morgan fingerprint density at radius 2 is 1.82 bits per heavy atom. The maximum absolute atomic E-state index is 13.0. The Kier molecular flexibility index (Phi) is 7.34. The zero-order valence-electron chi connectivity index (χ0n) is 21.3. The fraction of sp³-hybridized carbons (Fsp3) is 0.556. The lowest BCUT2D eigenvalue weighted by molar-refractivity contribution is -0.160. The van der Waals surface area contributed by atoms with Crippen molar-refractivity contribution in [3.05, 3.63) is 58.6 Å². The number of carboxylic acids is 1. The van der Waals surface area contributed by atoms with Crippen LogP contribution in [0.5, 0.6) is 0 Å². The molecule has 1 aromatic heterocycles. The van der Waals surface area contributed by atoms with Crippen molar-refractivity contribution in [2.75, 3.05) is 18.5 Å². The standard InChI is InChI=1S/C27H32N4O8/c32-24(33)18-8-4-7-16(18)13-36-14-19-21-22(39-25(38-21)15-5-2-1-3-6-15)23(37-19)31-12-11-20(30-27(31)35)29-26(34)28-17-9-10-17/h1-3,5-6,11-12,16-19,21-23,25H,4,7-10,13-14H2,(H,32,33)(H2,28,29,30,34,35)/t16?,18?,19-,21?,22?,23-,25+/m1/s1. The monoisotopic (exact) mass is 540 g/mol. The molecule has 4 fully saturated rings. The van der Waals surface area contributed by atoms with Gasteiger partial charge in [-0.15, -0.1) is 0 Å². The summed E-state index contributed by atoms with van der Waals surface area (Å²) in [5.41, 5.74) is 0.235. The third kappa shape index (κ3) is 5.69. The fourth-order valence-corrected chi connectivity index (χ4v) is 5.60. The molecule has 2 saturated carbocycles. The van der Waals surface area contributed by atoms with Crippen LogP contribution >= 0.6 is 0 Å². The van der Waals surface area contributed by atoms with Gasteiger partial charge in [-0.3, -0.25) is 14.7 Å². The van der Waals surface area contributed by atoms with Crippen LogP contribution in [-0.4, -0.2) is 64.2 Å². The molecule has 2 saturated heterocycles. The van der Waals surface area contributed by atoms with Gasteiger partial charge < -0.3 is 29.4 Å². The summed E-state index contributed by atoms with van der Waals surface area (Å²) in [7, 11) is 0. The Balaban J connectivity index is 1.16. The van der Waals surface area contributed by atoms with Gasteiger partial charge in [0.25, 0.3) is 0 Å². The minimum atomic E-state index is -0.829. The molecule has 3 N–H and O–H groups in total. The van der Waals surface area contributed by atoms with Gasteiger partial charge in [-0.05, 0) is 37.7 Å². The Morgan fingerprint density at radius 3 is 2.56 bits per heavy atom. The van der Waals surface area contributed by atoms with Crippen molar-refractivity contribution < 1.29 is 33.6 Å². The van der Waals surface area contributed by atoms with Crippen molar-refractivity contribution in [1.29, 1.82) is 0 Å². The fourth-order valence-electron chi connectivity index (χ4n) is 5.60. The lowest BCUT2D eigenvalue weighted by atomic mass is 9.97. The van der Waals surface area contributed by atoms with Gasteiger partial charge in [0.2, 0.25) is 0 Å². The van der Waals surface area contributed by atoms with E-state index in [-0.39, 0.29) is 24.4 Å². The van der Waals surface area contributed by atoms with Crippen LogP contribution in [0.3, 0.4) is 0 Å². The number of carbonyl (C=O) groups is 2. The summed E-state index contributed by atoms with van der Waals surface area (Å²) in [6, 6.07) is 10.8. The largest absolute Gasteiger partial charge is 0.481 e. The molecule has 2 aliphatic heterocycles. The zero-order chi connectivity index (χ0) is 26.9. The second-order valence-corrected chi connectivity index (χ2v) is 10.6. The number of carbonyl (C=O) groups excluding carboxylic acids is 1. The highest BCUT2D eigenvalue weighted by Crippen LogP contribution is 2.44. The predicted octanol–water partition coefficient (Wildman–Crippen LogP) is 2.42. The first-order chi connectivity index (χ1) is 19.0. The normalized spacial score (nSPS) is 31.6. The van der Waals surface area contributed by atoms with Crippen molar-refractivity contribution in [3.63, 3.8) is 0 Å². The average molecular weight is 541 g/mol. The summed E-state index contributed by atoms with van der Waals surface area (Å²) in [5, 5.41) is 14.8. The molecule has 6 rings (SSSR count). The number of fused-ring (bicyclic) bond motifs is 1. The molecule has 2 aliphatic carbocycles. The number of hydrogen-bond donors (Lipinski definition) is 3. The number of aromatic nitrogens is 2. The van der Waals surface area contributed by atoms with E-state index >= 15 is 0 Å². The quantitative estimate of drug-likeness (QED) is 0.436. The molecule has 2 amide bonds. The molecule has 2 aromatic rings. The van der Waals surface area contributed by atoms with Gasteiger partial charge in [0.15, 0.2) is 12.5 Å². The van der Waals surface area contributed by atoms with Crippen molar-refractivity contribution in [1.82, 2.24) is 14.9 Å². The lowest BCUT2D eigenvalue weighted by Crippen LogP contribution is -2.36. The molecular formula is C27H32N4O8. The first-order valence-corrected chi connectivity index (χ1v) is 13.4. The van der Waals surface area contributed by atoms with E-state index < -0.39 is 54.4 Å². The van der Waals surface area contributed by atoms with Crippen molar-refractivity contribution in [2.24, 2.45) is 11.8 Å². The number of rotatable bonds is 9. The van der Waals surface area contributed by atoms with Crippen LogP contribution in [0.25, 0.3) is 0 Å². The smallest absolute Gasteiger partial charge is 0.351 e. The maximum Gasteiger partial charge on any atom is 0.351 e. The highest BCUT2D eigenvalue weighted by atomic mass is 16.8. The number of anilines is 1. The van der Waals surface area contributed by atoms with Gasteiger partial charge in [0.1, 0.15) is 24.1 Å². The highest BCUT2D eigenvalue weighted by molar-refractivity contribution is 5.88. The molecule has 7 atom stereocenters. The van der Waals surface area contributed by atoms with Crippen molar-refractivity contribution >= 4 is 17.8 Å². The van der Waals surface area contributed by atoms with Gasteiger partial charge in [-0.2, -0.15) is 4.98 Å².